The SMILES string of the molecule is O=C(CSc1ccc2c(c1)CCC2)N1CCN(c2ccccc2[N+](=O)[O-])CC1. The van der Waals surface area contributed by atoms with Crippen molar-refractivity contribution in [1.29, 1.82) is 0 Å². The van der Waals surface area contributed by atoms with Gasteiger partial charge in [0.05, 0.1) is 10.7 Å². The maximum Gasteiger partial charge on any atom is 0.292 e. The first-order valence-electron chi connectivity index (χ1n) is 9.62. The maximum absolute atomic E-state index is 12.6. The van der Waals surface area contributed by atoms with Crippen LogP contribution in [0.25, 0.3) is 0 Å². The van der Waals surface area contributed by atoms with Gasteiger partial charge in [-0.3, -0.25) is 14.9 Å². The summed E-state index contributed by atoms with van der Waals surface area (Å²) in [7, 11) is 0. The molecule has 4 rings (SSSR count). The van der Waals surface area contributed by atoms with Gasteiger partial charge < -0.3 is 9.80 Å². The van der Waals surface area contributed by atoms with E-state index >= 15 is 0 Å². The molecule has 1 aliphatic carbocycles. The smallest absolute Gasteiger partial charge is 0.292 e. The Labute approximate surface area is 168 Å². The third kappa shape index (κ3) is 3.99. The number of hydrogen-bond acceptors (Lipinski definition) is 5. The van der Waals surface area contributed by atoms with Crippen molar-refractivity contribution >= 4 is 29.0 Å². The third-order valence-electron chi connectivity index (χ3n) is 5.48. The average Bonchev–Trinajstić information content (AvgIpc) is 3.20. The zero-order chi connectivity index (χ0) is 19.5. The van der Waals surface area contributed by atoms with Gasteiger partial charge in [-0.1, -0.05) is 18.2 Å². The summed E-state index contributed by atoms with van der Waals surface area (Å²) in [6, 6.07) is 13.3. The Hall–Kier alpha value is -2.54. The van der Waals surface area contributed by atoms with Crippen LogP contribution in [0.2, 0.25) is 0 Å². The molecule has 0 radical (unpaired) electrons. The summed E-state index contributed by atoms with van der Waals surface area (Å²) in [4.78, 5) is 28.5. The lowest BCUT2D eigenvalue weighted by atomic mass is 10.1. The van der Waals surface area contributed by atoms with Gasteiger partial charge in [-0.2, -0.15) is 0 Å². The molecule has 1 saturated heterocycles. The number of nitro benzene ring substituents is 1. The van der Waals surface area contributed by atoms with Gasteiger partial charge in [0.2, 0.25) is 5.91 Å². The van der Waals surface area contributed by atoms with Gasteiger partial charge in [0.15, 0.2) is 0 Å². The summed E-state index contributed by atoms with van der Waals surface area (Å²) >= 11 is 1.60. The minimum absolute atomic E-state index is 0.120. The summed E-state index contributed by atoms with van der Waals surface area (Å²) < 4.78 is 0. The van der Waals surface area contributed by atoms with Crippen LogP contribution in [0.5, 0.6) is 0 Å². The second-order valence-corrected chi connectivity index (χ2v) is 8.24. The number of thioether (sulfide) groups is 1. The predicted octanol–water partition coefficient (Wildman–Crippen LogP) is 3.52. The van der Waals surface area contributed by atoms with E-state index in [-0.39, 0.29) is 16.5 Å². The van der Waals surface area contributed by atoms with Crippen molar-refractivity contribution in [3.8, 4) is 0 Å². The molecule has 7 heteroatoms. The standard InChI is InChI=1S/C21H23N3O3S/c25-21(15-28-18-9-8-16-4-3-5-17(16)14-18)23-12-10-22(11-13-23)19-6-1-2-7-20(19)24(26)27/h1-2,6-9,14H,3-5,10-13,15H2. The zero-order valence-corrected chi connectivity index (χ0v) is 16.5. The molecule has 146 valence electrons. The van der Waals surface area contributed by atoms with Crippen LogP contribution in [0, 0.1) is 10.1 Å². The second-order valence-electron chi connectivity index (χ2n) is 7.19. The minimum Gasteiger partial charge on any atom is -0.362 e. The fraction of sp³-hybridized carbons (Fsp3) is 0.381. The first kappa shape index (κ1) is 18.8. The number of anilines is 1. The number of carbonyl (C=O) groups is 1. The van der Waals surface area contributed by atoms with E-state index in [1.165, 1.54) is 30.0 Å². The Balaban J connectivity index is 1.31. The van der Waals surface area contributed by atoms with Gasteiger partial charge >= 0.3 is 0 Å². The quantitative estimate of drug-likeness (QED) is 0.439. The fourth-order valence-electron chi connectivity index (χ4n) is 3.96. The van der Waals surface area contributed by atoms with Gasteiger partial charge in [-0.25, -0.2) is 0 Å². The van der Waals surface area contributed by atoms with Crippen LogP contribution in [0.15, 0.2) is 47.4 Å². The van der Waals surface area contributed by atoms with Crippen LogP contribution < -0.4 is 4.90 Å². The molecule has 2 aliphatic rings. The van der Waals surface area contributed by atoms with E-state index < -0.39 is 0 Å². The number of nitrogens with zero attached hydrogens (tertiary/aromatic N) is 3. The molecule has 0 bridgehead atoms. The van der Waals surface area contributed by atoms with Crippen molar-refractivity contribution in [2.75, 3.05) is 36.8 Å². The fourth-order valence-corrected chi connectivity index (χ4v) is 4.82. The normalized spacial score (nSPS) is 16.1. The predicted molar refractivity (Wildman–Crippen MR) is 111 cm³/mol. The number of piperazine rings is 1. The molecule has 28 heavy (non-hydrogen) atoms. The van der Waals surface area contributed by atoms with E-state index in [2.05, 4.69) is 18.2 Å². The lowest BCUT2D eigenvalue weighted by molar-refractivity contribution is -0.384. The number of fused-ring (bicyclic) bond motifs is 1. The Morgan fingerprint density at radius 2 is 1.79 bits per heavy atom. The Morgan fingerprint density at radius 1 is 1.04 bits per heavy atom. The van der Waals surface area contributed by atoms with Crippen molar-refractivity contribution in [2.45, 2.75) is 24.2 Å². The number of benzene rings is 2. The van der Waals surface area contributed by atoms with Crippen LogP contribution in [0.4, 0.5) is 11.4 Å². The van der Waals surface area contributed by atoms with Gasteiger partial charge in [0.25, 0.3) is 5.69 Å². The largest absolute Gasteiger partial charge is 0.362 e. The number of hydrogen-bond donors (Lipinski definition) is 0. The molecular weight excluding hydrogens is 374 g/mol. The van der Waals surface area contributed by atoms with Crippen LogP contribution >= 0.6 is 11.8 Å². The van der Waals surface area contributed by atoms with E-state index in [9.17, 15) is 14.9 Å². The third-order valence-corrected chi connectivity index (χ3v) is 6.46. The van der Waals surface area contributed by atoms with Gasteiger partial charge in [-0.15, -0.1) is 11.8 Å². The molecule has 1 amide bonds. The first-order valence-corrected chi connectivity index (χ1v) is 10.6. The number of nitro groups is 1. The second kappa shape index (κ2) is 8.22. The molecule has 1 heterocycles. The molecule has 1 fully saturated rings. The Kier molecular flexibility index (Phi) is 5.52. The number of carbonyl (C=O) groups excluding carboxylic acids is 1. The highest BCUT2D eigenvalue weighted by atomic mass is 32.2. The van der Waals surface area contributed by atoms with E-state index in [1.807, 2.05) is 15.9 Å². The van der Waals surface area contributed by atoms with Crippen LogP contribution in [-0.2, 0) is 17.6 Å². The highest BCUT2D eigenvalue weighted by molar-refractivity contribution is 8.00. The van der Waals surface area contributed by atoms with Crippen molar-refractivity contribution in [3.05, 3.63) is 63.7 Å². The highest BCUT2D eigenvalue weighted by Crippen LogP contribution is 2.29. The van der Waals surface area contributed by atoms with E-state index in [0.717, 1.165) is 11.3 Å². The molecule has 2 aromatic rings. The zero-order valence-electron chi connectivity index (χ0n) is 15.7. The molecule has 0 unspecified atom stereocenters. The van der Waals surface area contributed by atoms with Crippen molar-refractivity contribution < 1.29 is 9.72 Å². The van der Waals surface area contributed by atoms with Crippen molar-refractivity contribution in [2.24, 2.45) is 0 Å². The van der Waals surface area contributed by atoms with Crippen molar-refractivity contribution in [1.82, 2.24) is 4.90 Å². The lowest BCUT2D eigenvalue weighted by Crippen LogP contribution is -2.49. The summed E-state index contributed by atoms with van der Waals surface area (Å²) in [5, 5.41) is 11.2. The number of aryl methyl sites for hydroxylation is 2. The summed E-state index contributed by atoms with van der Waals surface area (Å²) in [5.41, 5.74) is 3.62. The molecule has 0 aromatic heterocycles. The van der Waals surface area contributed by atoms with Crippen LogP contribution in [-0.4, -0.2) is 47.7 Å². The number of para-hydroxylation sites is 2. The summed E-state index contributed by atoms with van der Waals surface area (Å²) in [6.45, 7) is 2.41. The molecule has 0 spiro atoms. The molecule has 1 aliphatic heterocycles. The molecular formula is C21H23N3O3S. The molecule has 0 N–H and O–H groups in total. The topological polar surface area (TPSA) is 66.7 Å². The molecule has 2 aromatic carbocycles. The van der Waals surface area contributed by atoms with Crippen LogP contribution in [0.1, 0.15) is 17.5 Å². The van der Waals surface area contributed by atoms with Crippen LogP contribution in [0.3, 0.4) is 0 Å². The Morgan fingerprint density at radius 3 is 2.57 bits per heavy atom. The minimum atomic E-state index is -0.347. The maximum atomic E-state index is 12.6. The number of rotatable bonds is 5. The summed E-state index contributed by atoms with van der Waals surface area (Å²) in [6.07, 6.45) is 3.54. The highest BCUT2D eigenvalue weighted by Gasteiger charge is 2.25. The molecule has 0 atom stereocenters. The van der Waals surface area contributed by atoms with Gasteiger partial charge in [0, 0.05) is 37.1 Å². The van der Waals surface area contributed by atoms with E-state index in [1.54, 1.807) is 23.9 Å². The lowest BCUT2D eigenvalue weighted by Gasteiger charge is -2.35. The van der Waals surface area contributed by atoms with Crippen molar-refractivity contribution in [3.63, 3.8) is 0 Å². The van der Waals surface area contributed by atoms with Gasteiger partial charge in [0.1, 0.15) is 5.69 Å². The van der Waals surface area contributed by atoms with E-state index in [4.69, 9.17) is 0 Å². The molecule has 0 saturated carbocycles. The van der Waals surface area contributed by atoms with Gasteiger partial charge in [-0.05, 0) is 48.6 Å². The molecule has 6 nitrogen and oxygen atoms in total. The first-order chi connectivity index (χ1) is 13.6. The number of amides is 1. The monoisotopic (exact) mass is 397 g/mol. The average molecular weight is 398 g/mol. The Bertz CT molecular complexity index is 894. The summed E-state index contributed by atoms with van der Waals surface area (Å²) in [5.74, 6) is 0.567. The van der Waals surface area contributed by atoms with E-state index in [0.29, 0.717) is 37.6 Å².